The van der Waals surface area contributed by atoms with Gasteiger partial charge in [-0.15, -0.1) is 6.42 Å². The first-order valence-electron chi connectivity index (χ1n) is 9.96. The summed E-state index contributed by atoms with van der Waals surface area (Å²) in [5.74, 6) is 3.47. The number of terminal acetylenes is 1. The lowest BCUT2D eigenvalue weighted by Gasteiger charge is -2.41. The highest BCUT2D eigenvalue weighted by Gasteiger charge is 2.45. The zero-order valence-corrected chi connectivity index (χ0v) is 15.4. The number of alkyl halides is 2. The van der Waals surface area contributed by atoms with Gasteiger partial charge in [0.05, 0.1) is 6.10 Å². The normalized spacial score (nSPS) is 38.5. The summed E-state index contributed by atoms with van der Waals surface area (Å²) in [4.78, 5) is 0. The van der Waals surface area contributed by atoms with Crippen molar-refractivity contribution < 1.29 is 13.5 Å². The van der Waals surface area contributed by atoms with E-state index in [4.69, 9.17) is 11.2 Å². The van der Waals surface area contributed by atoms with Crippen molar-refractivity contribution in [1.29, 1.82) is 0 Å². The fourth-order valence-electron chi connectivity index (χ4n) is 4.61. The molecule has 0 aromatic rings. The van der Waals surface area contributed by atoms with Crippen molar-refractivity contribution in [2.45, 2.75) is 103 Å². The van der Waals surface area contributed by atoms with Gasteiger partial charge in [0.2, 0.25) is 0 Å². The maximum atomic E-state index is 14.8. The Bertz CT molecular complexity index is 405. The van der Waals surface area contributed by atoms with E-state index in [-0.39, 0.29) is 12.0 Å². The van der Waals surface area contributed by atoms with Gasteiger partial charge in [-0.2, -0.15) is 0 Å². The Morgan fingerprint density at radius 2 is 1.92 bits per heavy atom. The van der Waals surface area contributed by atoms with Crippen molar-refractivity contribution in [3.05, 3.63) is 0 Å². The molecule has 0 aromatic heterocycles. The van der Waals surface area contributed by atoms with Crippen LogP contribution >= 0.6 is 0 Å². The Morgan fingerprint density at radius 1 is 1.12 bits per heavy atom. The third-order valence-electron chi connectivity index (χ3n) is 6.03. The number of hydrogen-bond donors (Lipinski definition) is 0. The van der Waals surface area contributed by atoms with Gasteiger partial charge >= 0.3 is 0 Å². The largest absolute Gasteiger partial charge is 0.359 e. The van der Waals surface area contributed by atoms with Gasteiger partial charge in [-0.05, 0) is 49.9 Å². The predicted molar refractivity (Wildman–Crippen MR) is 95.3 cm³/mol. The van der Waals surface area contributed by atoms with Crippen LogP contribution in [-0.2, 0) is 4.74 Å². The summed E-state index contributed by atoms with van der Waals surface area (Å²) in [7, 11) is 0. The zero-order valence-electron chi connectivity index (χ0n) is 15.4. The first-order valence-corrected chi connectivity index (χ1v) is 9.96. The van der Waals surface area contributed by atoms with Crippen LogP contribution in [0.2, 0.25) is 0 Å². The Morgan fingerprint density at radius 3 is 2.58 bits per heavy atom. The SMILES string of the molecule is C#CC(CCCCC)OC1CCC(C2CCC[C@@H](C)C2)C(F)C1F. The van der Waals surface area contributed by atoms with E-state index in [1.165, 1.54) is 6.42 Å². The minimum absolute atomic E-state index is 0.132. The molecule has 0 amide bonds. The second-order valence-corrected chi connectivity index (χ2v) is 7.99. The van der Waals surface area contributed by atoms with Gasteiger partial charge in [0.25, 0.3) is 0 Å². The average molecular weight is 340 g/mol. The standard InChI is InChI=1S/C21H34F2O/c1-4-6-7-11-17(5-2)24-19-13-12-18(20(22)21(19)23)16-10-8-9-15(3)14-16/h2,15-21H,4,6-14H2,1,3H3/t15-,16?,17?,18?,19?,20?,21?/m1/s1. The molecule has 7 atom stereocenters. The van der Waals surface area contributed by atoms with Gasteiger partial charge in [-0.25, -0.2) is 8.78 Å². The van der Waals surface area contributed by atoms with Crippen molar-refractivity contribution in [3.8, 4) is 12.3 Å². The summed E-state index contributed by atoms with van der Waals surface area (Å²) in [6.45, 7) is 4.36. The van der Waals surface area contributed by atoms with E-state index in [1.807, 2.05) is 0 Å². The lowest BCUT2D eigenvalue weighted by Crippen LogP contribution is -2.46. The van der Waals surface area contributed by atoms with Crippen molar-refractivity contribution in [2.24, 2.45) is 17.8 Å². The van der Waals surface area contributed by atoms with Gasteiger partial charge < -0.3 is 4.74 Å². The van der Waals surface area contributed by atoms with E-state index in [1.54, 1.807) is 0 Å². The molecule has 0 radical (unpaired) electrons. The fourth-order valence-corrected chi connectivity index (χ4v) is 4.61. The third-order valence-corrected chi connectivity index (χ3v) is 6.03. The number of halogens is 2. The lowest BCUT2D eigenvalue weighted by molar-refractivity contribution is -0.103. The third kappa shape index (κ3) is 5.19. The molecule has 0 saturated heterocycles. The molecule has 2 aliphatic rings. The van der Waals surface area contributed by atoms with E-state index >= 15 is 0 Å². The lowest BCUT2D eigenvalue weighted by atomic mass is 9.69. The summed E-state index contributed by atoms with van der Waals surface area (Å²) in [5.41, 5.74) is 0. The minimum atomic E-state index is -1.52. The number of unbranched alkanes of at least 4 members (excludes halogenated alkanes) is 2. The van der Waals surface area contributed by atoms with Crippen LogP contribution in [0.5, 0.6) is 0 Å². The molecule has 0 aliphatic heterocycles. The molecule has 0 spiro atoms. The van der Waals surface area contributed by atoms with Crippen molar-refractivity contribution in [2.75, 3.05) is 0 Å². The Balaban J connectivity index is 1.86. The van der Waals surface area contributed by atoms with E-state index in [2.05, 4.69) is 19.8 Å². The van der Waals surface area contributed by atoms with E-state index in [0.29, 0.717) is 18.3 Å². The quantitative estimate of drug-likeness (QED) is 0.416. The predicted octanol–water partition coefficient (Wildman–Crippen LogP) is 5.87. The van der Waals surface area contributed by atoms with E-state index in [0.717, 1.165) is 51.4 Å². The second-order valence-electron chi connectivity index (χ2n) is 7.99. The molecule has 2 saturated carbocycles. The number of rotatable bonds is 7. The molecule has 0 bridgehead atoms. The van der Waals surface area contributed by atoms with Gasteiger partial charge in [-0.1, -0.05) is 51.9 Å². The molecule has 2 aliphatic carbocycles. The number of ether oxygens (including phenoxy) is 1. The van der Waals surface area contributed by atoms with E-state index in [9.17, 15) is 8.78 Å². The summed E-state index contributed by atoms with van der Waals surface area (Å²) >= 11 is 0. The van der Waals surface area contributed by atoms with Gasteiger partial charge in [0, 0.05) is 0 Å². The summed E-state index contributed by atoms with van der Waals surface area (Å²) in [6, 6.07) is 0. The minimum Gasteiger partial charge on any atom is -0.359 e. The Hall–Kier alpha value is -0.620. The molecule has 0 heterocycles. The van der Waals surface area contributed by atoms with Crippen LogP contribution in [0.25, 0.3) is 0 Å². The van der Waals surface area contributed by atoms with Crippen LogP contribution in [-0.4, -0.2) is 24.6 Å². The summed E-state index contributed by atoms with van der Waals surface area (Å²) < 4.78 is 35.2. The van der Waals surface area contributed by atoms with Crippen LogP contribution in [0.3, 0.4) is 0 Å². The first-order chi connectivity index (χ1) is 11.6. The van der Waals surface area contributed by atoms with Crippen LogP contribution < -0.4 is 0 Å². The molecule has 0 aromatic carbocycles. The van der Waals surface area contributed by atoms with Gasteiger partial charge in [0.15, 0.2) is 6.17 Å². The maximum absolute atomic E-state index is 14.8. The monoisotopic (exact) mass is 340 g/mol. The summed E-state index contributed by atoms with van der Waals surface area (Å²) in [5, 5.41) is 0. The van der Waals surface area contributed by atoms with Gasteiger partial charge in [0.1, 0.15) is 12.3 Å². The molecule has 24 heavy (non-hydrogen) atoms. The van der Waals surface area contributed by atoms with Crippen molar-refractivity contribution in [1.82, 2.24) is 0 Å². The molecule has 0 N–H and O–H groups in total. The second kappa shape index (κ2) is 9.76. The molecular weight excluding hydrogens is 306 g/mol. The van der Waals surface area contributed by atoms with Crippen LogP contribution in [0, 0.1) is 30.1 Å². The highest BCUT2D eigenvalue weighted by atomic mass is 19.2. The Labute approximate surface area is 146 Å². The molecular formula is C21H34F2O. The molecule has 138 valence electrons. The molecule has 2 fully saturated rings. The molecule has 2 rings (SSSR count). The first kappa shape index (κ1) is 19.7. The topological polar surface area (TPSA) is 9.23 Å². The molecule has 6 unspecified atom stereocenters. The van der Waals surface area contributed by atoms with Crippen LogP contribution in [0.1, 0.15) is 78.1 Å². The zero-order chi connectivity index (χ0) is 17.5. The highest BCUT2D eigenvalue weighted by Crippen LogP contribution is 2.43. The Kier molecular flexibility index (Phi) is 8.01. The average Bonchev–Trinajstić information content (AvgIpc) is 2.58. The van der Waals surface area contributed by atoms with E-state index < -0.39 is 18.4 Å². The highest BCUT2D eigenvalue weighted by molar-refractivity contribution is 4.98. The molecule has 1 nitrogen and oxygen atoms in total. The molecule has 3 heteroatoms. The van der Waals surface area contributed by atoms with Crippen LogP contribution in [0.15, 0.2) is 0 Å². The number of hydrogen-bond acceptors (Lipinski definition) is 1. The van der Waals surface area contributed by atoms with Crippen molar-refractivity contribution >= 4 is 0 Å². The van der Waals surface area contributed by atoms with Crippen molar-refractivity contribution in [3.63, 3.8) is 0 Å². The van der Waals surface area contributed by atoms with Crippen LogP contribution in [0.4, 0.5) is 8.78 Å². The fraction of sp³-hybridized carbons (Fsp3) is 0.905. The maximum Gasteiger partial charge on any atom is 0.157 e. The van der Waals surface area contributed by atoms with Gasteiger partial charge in [-0.3, -0.25) is 0 Å². The summed E-state index contributed by atoms with van der Waals surface area (Å²) in [6.07, 6.45) is 11.3. The smallest absolute Gasteiger partial charge is 0.157 e.